The van der Waals surface area contributed by atoms with Gasteiger partial charge >= 0.3 is 5.97 Å². The lowest BCUT2D eigenvalue weighted by Crippen LogP contribution is -2.03. The molecule has 0 aliphatic heterocycles. The second-order valence-electron chi connectivity index (χ2n) is 3.95. The fraction of sp³-hybridized carbons (Fsp3) is 0.154. The molecule has 0 aliphatic carbocycles. The van der Waals surface area contributed by atoms with Crippen LogP contribution in [0.2, 0.25) is 10.0 Å². The minimum absolute atomic E-state index is 0.145. The zero-order valence-electron chi connectivity index (χ0n) is 10.1. The molecule has 0 atom stereocenters. The lowest BCUT2D eigenvalue weighted by atomic mass is 10.2. The molecule has 0 bridgehead atoms. The van der Waals surface area contributed by atoms with E-state index < -0.39 is 5.97 Å². The molecule has 0 spiro atoms. The molecule has 1 heterocycles. The van der Waals surface area contributed by atoms with Gasteiger partial charge in [-0.3, -0.25) is 0 Å². The molecule has 1 aromatic heterocycles. The van der Waals surface area contributed by atoms with Gasteiger partial charge in [0.15, 0.2) is 0 Å². The average molecular weight is 316 g/mol. The van der Waals surface area contributed by atoms with E-state index in [1.165, 1.54) is 11.3 Å². The summed E-state index contributed by atoms with van der Waals surface area (Å²) in [4.78, 5) is 13.2. The molecule has 6 heteroatoms. The lowest BCUT2D eigenvalue weighted by Gasteiger charge is -2.04. The first-order chi connectivity index (χ1) is 8.97. The second kappa shape index (κ2) is 5.82. The monoisotopic (exact) mass is 315 g/mol. The van der Waals surface area contributed by atoms with Gasteiger partial charge in [0.1, 0.15) is 11.5 Å². The molecule has 0 fully saturated rings. The van der Waals surface area contributed by atoms with Crippen LogP contribution in [0.25, 0.3) is 0 Å². The Hall–Kier alpha value is -1.23. The minimum Gasteiger partial charge on any atom is -0.457 e. The molecular formula is C13H11Cl2NO2S. The van der Waals surface area contributed by atoms with Crippen LogP contribution in [0, 0.1) is 6.92 Å². The van der Waals surface area contributed by atoms with Crippen LogP contribution in [0.5, 0.6) is 0 Å². The number of nitrogen functional groups attached to an aromatic ring is 1. The molecule has 0 aliphatic rings. The molecule has 0 saturated carbocycles. The van der Waals surface area contributed by atoms with Crippen molar-refractivity contribution in [3.05, 3.63) is 49.6 Å². The first-order valence-electron chi connectivity index (χ1n) is 5.44. The van der Waals surface area contributed by atoms with Crippen molar-refractivity contribution in [3.8, 4) is 0 Å². The molecule has 2 rings (SSSR count). The van der Waals surface area contributed by atoms with Gasteiger partial charge in [0, 0.05) is 10.6 Å². The van der Waals surface area contributed by atoms with Crippen molar-refractivity contribution in [3.63, 3.8) is 0 Å². The molecule has 0 unspecified atom stereocenters. The van der Waals surface area contributed by atoms with Crippen LogP contribution < -0.4 is 5.73 Å². The van der Waals surface area contributed by atoms with Gasteiger partial charge in [-0.25, -0.2) is 4.79 Å². The van der Waals surface area contributed by atoms with Gasteiger partial charge in [-0.15, -0.1) is 11.3 Å². The number of benzene rings is 1. The quantitative estimate of drug-likeness (QED) is 0.859. The van der Waals surface area contributed by atoms with Crippen LogP contribution in [-0.4, -0.2) is 5.97 Å². The number of nitrogens with two attached hydrogens (primary N) is 1. The van der Waals surface area contributed by atoms with Crippen molar-refractivity contribution in [2.75, 3.05) is 5.73 Å². The van der Waals surface area contributed by atoms with Crippen LogP contribution in [0.1, 0.15) is 20.1 Å². The highest BCUT2D eigenvalue weighted by atomic mass is 35.5. The number of carbonyl (C=O) groups is 1. The molecule has 0 saturated heterocycles. The number of thiophene rings is 1. The van der Waals surface area contributed by atoms with E-state index in [0.29, 0.717) is 20.6 Å². The number of carbonyl (C=O) groups excluding carboxylic acids is 1. The number of ether oxygens (including phenoxy) is 1. The van der Waals surface area contributed by atoms with Gasteiger partial charge in [-0.2, -0.15) is 0 Å². The van der Waals surface area contributed by atoms with E-state index in [4.69, 9.17) is 33.7 Å². The first-order valence-corrected chi connectivity index (χ1v) is 7.01. The Morgan fingerprint density at radius 2 is 2.05 bits per heavy atom. The van der Waals surface area contributed by atoms with Gasteiger partial charge in [0.25, 0.3) is 0 Å². The lowest BCUT2D eigenvalue weighted by molar-refractivity contribution is 0.0478. The van der Waals surface area contributed by atoms with Crippen LogP contribution in [0.4, 0.5) is 5.69 Å². The molecule has 0 amide bonds. The van der Waals surface area contributed by atoms with E-state index in [2.05, 4.69) is 0 Å². The summed E-state index contributed by atoms with van der Waals surface area (Å²) in [6.07, 6.45) is 0. The maximum absolute atomic E-state index is 11.8. The number of rotatable bonds is 3. The summed E-state index contributed by atoms with van der Waals surface area (Å²) in [5.74, 6) is -0.393. The smallest absolute Gasteiger partial charge is 0.348 e. The van der Waals surface area contributed by atoms with Crippen LogP contribution in [0.15, 0.2) is 24.3 Å². The standard InChI is InChI=1S/C13H11Cl2NO2S/c1-7-11(16)5-12(19-7)13(17)18-6-8-2-3-9(14)10(15)4-8/h2-5H,6,16H2,1H3. The van der Waals surface area contributed by atoms with E-state index in [9.17, 15) is 4.79 Å². The van der Waals surface area contributed by atoms with Gasteiger partial charge < -0.3 is 10.5 Å². The Bertz CT molecular complexity index is 606. The molecule has 3 nitrogen and oxygen atoms in total. The summed E-state index contributed by atoms with van der Waals surface area (Å²) in [7, 11) is 0. The van der Waals surface area contributed by atoms with Crippen LogP contribution in [0.3, 0.4) is 0 Å². The predicted octanol–water partition coefficient (Wildman–Crippen LogP) is 4.30. The highest BCUT2D eigenvalue weighted by Gasteiger charge is 2.12. The van der Waals surface area contributed by atoms with Crippen molar-refractivity contribution in [2.45, 2.75) is 13.5 Å². The molecule has 19 heavy (non-hydrogen) atoms. The number of hydrogen-bond donors (Lipinski definition) is 1. The van der Waals surface area contributed by atoms with Crippen LogP contribution >= 0.6 is 34.5 Å². The third-order valence-corrected chi connectivity index (χ3v) is 4.30. The first kappa shape index (κ1) is 14.2. The number of aryl methyl sites for hydroxylation is 1. The Kier molecular flexibility index (Phi) is 4.34. The molecule has 1 aromatic carbocycles. The summed E-state index contributed by atoms with van der Waals surface area (Å²) in [5, 5.41) is 0.907. The number of esters is 1. The molecular weight excluding hydrogens is 305 g/mol. The number of anilines is 1. The minimum atomic E-state index is -0.393. The largest absolute Gasteiger partial charge is 0.457 e. The second-order valence-corrected chi connectivity index (χ2v) is 6.02. The summed E-state index contributed by atoms with van der Waals surface area (Å²) < 4.78 is 5.19. The zero-order chi connectivity index (χ0) is 14.0. The zero-order valence-corrected chi connectivity index (χ0v) is 12.4. The van der Waals surface area contributed by atoms with Crippen molar-refractivity contribution in [1.82, 2.24) is 0 Å². The van der Waals surface area contributed by atoms with Gasteiger partial charge in [0.05, 0.1) is 10.0 Å². The van der Waals surface area contributed by atoms with Crippen molar-refractivity contribution < 1.29 is 9.53 Å². The Morgan fingerprint density at radius 1 is 1.32 bits per heavy atom. The van der Waals surface area contributed by atoms with E-state index in [-0.39, 0.29) is 6.61 Å². The summed E-state index contributed by atoms with van der Waals surface area (Å²) >= 11 is 13.0. The Morgan fingerprint density at radius 3 is 2.63 bits per heavy atom. The normalized spacial score (nSPS) is 10.5. The predicted molar refractivity (Wildman–Crippen MR) is 79.0 cm³/mol. The van der Waals surface area contributed by atoms with E-state index in [0.717, 1.165) is 10.4 Å². The van der Waals surface area contributed by atoms with Crippen molar-refractivity contribution >= 4 is 46.2 Å². The van der Waals surface area contributed by atoms with Crippen LogP contribution in [-0.2, 0) is 11.3 Å². The number of hydrogen-bond acceptors (Lipinski definition) is 4. The molecule has 0 radical (unpaired) electrons. The van der Waals surface area contributed by atoms with Gasteiger partial charge in [0.2, 0.25) is 0 Å². The van der Waals surface area contributed by atoms with E-state index >= 15 is 0 Å². The summed E-state index contributed by atoms with van der Waals surface area (Å²) in [6, 6.07) is 6.72. The third kappa shape index (κ3) is 3.41. The molecule has 2 aromatic rings. The molecule has 2 N–H and O–H groups in total. The highest BCUT2D eigenvalue weighted by Crippen LogP contribution is 2.25. The fourth-order valence-corrected chi connectivity index (χ4v) is 2.60. The highest BCUT2D eigenvalue weighted by molar-refractivity contribution is 7.14. The Labute approximate surface area is 124 Å². The third-order valence-electron chi connectivity index (χ3n) is 2.51. The fourth-order valence-electron chi connectivity index (χ4n) is 1.45. The van der Waals surface area contributed by atoms with Gasteiger partial charge in [-0.05, 0) is 30.7 Å². The van der Waals surface area contributed by atoms with E-state index in [1.54, 1.807) is 24.3 Å². The summed E-state index contributed by atoms with van der Waals surface area (Å²) in [6.45, 7) is 2.00. The van der Waals surface area contributed by atoms with Crippen molar-refractivity contribution in [1.29, 1.82) is 0 Å². The Balaban J connectivity index is 2.02. The molecule has 100 valence electrons. The SMILES string of the molecule is Cc1sc(C(=O)OCc2ccc(Cl)c(Cl)c2)cc1N. The maximum Gasteiger partial charge on any atom is 0.348 e. The van der Waals surface area contributed by atoms with E-state index in [1.807, 2.05) is 6.92 Å². The topological polar surface area (TPSA) is 52.3 Å². The average Bonchev–Trinajstić information content (AvgIpc) is 2.71. The van der Waals surface area contributed by atoms with Gasteiger partial charge in [-0.1, -0.05) is 29.3 Å². The number of halogens is 2. The summed E-state index contributed by atoms with van der Waals surface area (Å²) in [5.41, 5.74) is 7.08. The van der Waals surface area contributed by atoms with Crippen molar-refractivity contribution in [2.24, 2.45) is 0 Å². The maximum atomic E-state index is 11.8.